The SMILES string of the molecule is Cn1c(=O)c2oc(-c3ccccc3)nc2c2ccccc21. The van der Waals surface area contributed by atoms with Crippen LogP contribution in [0.4, 0.5) is 0 Å². The Bertz CT molecular complexity index is 1010. The molecule has 2 aromatic heterocycles. The summed E-state index contributed by atoms with van der Waals surface area (Å²) in [5, 5.41) is 0.917. The van der Waals surface area contributed by atoms with E-state index in [-0.39, 0.29) is 5.56 Å². The van der Waals surface area contributed by atoms with Gasteiger partial charge in [0.2, 0.25) is 11.5 Å². The van der Waals surface area contributed by atoms with Crippen molar-refractivity contribution in [1.29, 1.82) is 0 Å². The standard InChI is InChI=1S/C17H12N2O2/c1-19-13-10-6-5-9-12(13)14-15(17(19)20)21-16(18-14)11-7-3-2-4-8-11/h2-10H,1H3. The van der Waals surface area contributed by atoms with Crippen LogP contribution in [0.15, 0.2) is 63.8 Å². The van der Waals surface area contributed by atoms with Crippen LogP contribution in [-0.4, -0.2) is 9.55 Å². The van der Waals surface area contributed by atoms with Gasteiger partial charge < -0.3 is 8.98 Å². The van der Waals surface area contributed by atoms with Crippen LogP contribution >= 0.6 is 0 Å². The normalized spacial score (nSPS) is 11.3. The summed E-state index contributed by atoms with van der Waals surface area (Å²) in [6.07, 6.45) is 0. The molecule has 0 radical (unpaired) electrons. The predicted octanol–water partition coefficient (Wildman–Crippen LogP) is 3.35. The van der Waals surface area contributed by atoms with Crippen LogP contribution in [0.5, 0.6) is 0 Å². The molecule has 0 fully saturated rings. The Morgan fingerprint density at radius 1 is 1.00 bits per heavy atom. The van der Waals surface area contributed by atoms with Gasteiger partial charge >= 0.3 is 0 Å². The van der Waals surface area contributed by atoms with Crippen LogP contribution in [0.3, 0.4) is 0 Å². The van der Waals surface area contributed by atoms with E-state index in [0.717, 1.165) is 16.5 Å². The third kappa shape index (κ3) is 1.69. The molecule has 0 saturated heterocycles. The van der Waals surface area contributed by atoms with Crippen LogP contribution < -0.4 is 5.56 Å². The number of pyridine rings is 1. The minimum Gasteiger partial charge on any atom is -0.430 e. The molecule has 0 saturated carbocycles. The molecule has 2 heterocycles. The minimum absolute atomic E-state index is 0.168. The van der Waals surface area contributed by atoms with Crippen molar-refractivity contribution in [3.05, 3.63) is 65.0 Å². The van der Waals surface area contributed by atoms with Crippen molar-refractivity contribution in [2.75, 3.05) is 0 Å². The number of para-hydroxylation sites is 1. The molecule has 0 unspecified atom stereocenters. The number of hydrogen-bond acceptors (Lipinski definition) is 3. The first-order valence-electron chi connectivity index (χ1n) is 6.69. The Labute approximate surface area is 120 Å². The van der Waals surface area contributed by atoms with E-state index in [9.17, 15) is 4.79 Å². The second kappa shape index (κ2) is 4.31. The Balaban J connectivity index is 2.15. The van der Waals surface area contributed by atoms with E-state index in [1.165, 1.54) is 0 Å². The van der Waals surface area contributed by atoms with Gasteiger partial charge in [0.1, 0.15) is 5.52 Å². The third-order valence-corrected chi connectivity index (χ3v) is 3.67. The van der Waals surface area contributed by atoms with Crippen LogP contribution in [0, 0.1) is 0 Å². The second-order valence-electron chi connectivity index (χ2n) is 4.94. The van der Waals surface area contributed by atoms with Crippen LogP contribution in [0.2, 0.25) is 0 Å². The molecule has 0 bridgehead atoms. The van der Waals surface area contributed by atoms with Crippen molar-refractivity contribution in [1.82, 2.24) is 9.55 Å². The molecule has 102 valence electrons. The topological polar surface area (TPSA) is 48.0 Å². The maximum atomic E-state index is 12.4. The molecule has 0 aliphatic carbocycles. The molecule has 21 heavy (non-hydrogen) atoms. The number of fused-ring (bicyclic) bond motifs is 3. The van der Waals surface area contributed by atoms with Crippen LogP contribution in [0.1, 0.15) is 0 Å². The zero-order valence-electron chi connectivity index (χ0n) is 11.4. The van der Waals surface area contributed by atoms with Gasteiger partial charge in [0.05, 0.1) is 5.52 Å². The largest absolute Gasteiger partial charge is 0.430 e. The highest BCUT2D eigenvalue weighted by molar-refractivity contribution is 6.01. The Hall–Kier alpha value is -2.88. The fourth-order valence-electron chi connectivity index (χ4n) is 2.58. The summed E-state index contributed by atoms with van der Waals surface area (Å²) in [6, 6.07) is 17.3. The van der Waals surface area contributed by atoms with E-state index in [0.29, 0.717) is 17.0 Å². The van der Waals surface area contributed by atoms with Gasteiger partial charge in [0.15, 0.2) is 0 Å². The second-order valence-corrected chi connectivity index (χ2v) is 4.94. The van der Waals surface area contributed by atoms with E-state index < -0.39 is 0 Å². The van der Waals surface area contributed by atoms with E-state index in [1.807, 2.05) is 54.6 Å². The van der Waals surface area contributed by atoms with Crippen molar-refractivity contribution in [3.8, 4) is 11.5 Å². The van der Waals surface area contributed by atoms with Crippen LogP contribution in [-0.2, 0) is 7.05 Å². The van der Waals surface area contributed by atoms with Gasteiger partial charge in [-0.3, -0.25) is 4.79 Å². The first-order valence-corrected chi connectivity index (χ1v) is 6.69. The molecule has 4 rings (SSSR count). The first-order chi connectivity index (χ1) is 10.3. The average Bonchev–Trinajstić information content (AvgIpc) is 2.99. The van der Waals surface area contributed by atoms with Gasteiger partial charge in [-0.2, -0.15) is 0 Å². The van der Waals surface area contributed by atoms with E-state index in [1.54, 1.807) is 11.6 Å². The number of aromatic nitrogens is 2. The molecule has 0 amide bonds. The molecule has 0 aliphatic rings. The smallest absolute Gasteiger partial charge is 0.296 e. The predicted molar refractivity (Wildman–Crippen MR) is 82.2 cm³/mol. The van der Waals surface area contributed by atoms with E-state index in [2.05, 4.69) is 4.98 Å². The summed E-state index contributed by atoms with van der Waals surface area (Å²) in [5.41, 5.74) is 2.46. The summed E-state index contributed by atoms with van der Waals surface area (Å²) in [5.74, 6) is 0.471. The molecular weight excluding hydrogens is 264 g/mol. The zero-order chi connectivity index (χ0) is 14.4. The Kier molecular flexibility index (Phi) is 2.44. The van der Waals surface area contributed by atoms with E-state index >= 15 is 0 Å². The van der Waals surface area contributed by atoms with Gasteiger partial charge in [-0.25, -0.2) is 4.98 Å². The maximum Gasteiger partial charge on any atom is 0.296 e. The lowest BCUT2D eigenvalue weighted by Crippen LogP contribution is -2.16. The van der Waals surface area contributed by atoms with Gasteiger partial charge in [0.25, 0.3) is 5.56 Å². The molecular formula is C17H12N2O2. The molecule has 0 aliphatic heterocycles. The number of benzene rings is 2. The summed E-state index contributed by atoms with van der Waals surface area (Å²) in [7, 11) is 1.74. The Morgan fingerprint density at radius 2 is 1.71 bits per heavy atom. The van der Waals surface area contributed by atoms with Gasteiger partial charge in [-0.05, 0) is 18.2 Å². The van der Waals surface area contributed by atoms with Gasteiger partial charge in [-0.1, -0.05) is 36.4 Å². The molecule has 0 spiro atoms. The lowest BCUT2D eigenvalue weighted by Gasteiger charge is -2.03. The first kappa shape index (κ1) is 11.9. The number of nitrogens with zero attached hydrogens (tertiary/aromatic N) is 2. The molecule has 4 aromatic rings. The van der Waals surface area contributed by atoms with Crippen molar-refractivity contribution in [2.45, 2.75) is 0 Å². The summed E-state index contributed by atoms with van der Waals surface area (Å²) < 4.78 is 7.32. The average molecular weight is 276 g/mol. The Morgan fingerprint density at radius 3 is 2.52 bits per heavy atom. The van der Waals surface area contributed by atoms with Crippen molar-refractivity contribution in [2.24, 2.45) is 7.05 Å². The molecule has 4 nitrogen and oxygen atoms in total. The molecule has 0 atom stereocenters. The monoisotopic (exact) mass is 276 g/mol. The summed E-state index contributed by atoms with van der Waals surface area (Å²) in [6.45, 7) is 0. The number of rotatable bonds is 1. The van der Waals surface area contributed by atoms with Crippen molar-refractivity contribution in [3.63, 3.8) is 0 Å². The number of aryl methyl sites for hydroxylation is 1. The number of oxazole rings is 1. The lowest BCUT2D eigenvalue weighted by atomic mass is 10.2. The highest BCUT2D eigenvalue weighted by Gasteiger charge is 2.15. The highest BCUT2D eigenvalue weighted by atomic mass is 16.4. The zero-order valence-corrected chi connectivity index (χ0v) is 11.4. The fraction of sp³-hybridized carbons (Fsp3) is 0.0588. The maximum absolute atomic E-state index is 12.4. The number of hydrogen-bond donors (Lipinski definition) is 0. The van der Waals surface area contributed by atoms with Crippen LogP contribution in [0.25, 0.3) is 33.5 Å². The van der Waals surface area contributed by atoms with E-state index in [4.69, 9.17) is 4.42 Å². The third-order valence-electron chi connectivity index (χ3n) is 3.67. The van der Waals surface area contributed by atoms with Gasteiger partial charge in [-0.15, -0.1) is 0 Å². The summed E-state index contributed by atoms with van der Waals surface area (Å²) >= 11 is 0. The highest BCUT2D eigenvalue weighted by Crippen LogP contribution is 2.27. The minimum atomic E-state index is -0.168. The lowest BCUT2D eigenvalue weighted by molar-refractivity contribution is 0.611. The molecule has 2 aromatic carbocycles. The van der Waals surface area contributed by atoms with Crippen molar-refractivity contribution >= 4 is 22.0 Å². The fourth-order valence-corrected chi connectivity index (χ4v) is 2.58. The summed E-state index contributed by atoms with van der Waals surface area (Å²) in [4.78, 5) is 16.9. The van der Waals surface area contributed by atoms with Crippen molar-refractivity contribution < 1.29 is 4.42 Å². The molecule has 4 heteroatoms. The quantitative estimate of drug-likeness (QED) is 0.535. The molecule has 0 N–H and O–H groups in total. The van der Waals surface area contributed by atoms with Gasteiger partial charge in [0, 0.05) is 18.0 Å².